The van der Waals surface area contributed by atoms with Crippen LogP contribution in [0.1, 0.15) is 44.9 Å². The van der Waals surface area contributed by atoms with Gasteiger partial charge in [0.1, 0.15) is 0 Å². The number of carbonyl (C=O) groups is 2. The van der Waals surface area contributed by atoms with Crippen molar-refractivity contribution in [3.63, 3.8) is 0 Å². The Kier molecular flexibility index (Phi) is 7.81. The fourth-order valence-electron chi connectivity index (χ4n) is 2.56. The molecular weight excluding hydrogens is 343 g/mol. The van der Waals surface area contributed by atoms with E-state index in [2.05, 4.69) is 10.6 Å². The van der Waals surface area contributed by atoms with E-state index in [0.29, 0.717) is 19.0 Å². The van der Waals surface area contributed by atoms with Crippen LogP contribution in [0.25, 0.3) is 0 Å². The van der Waals surface area contributed by atoms with Gasteiger partial charge in [0.15, 0.2) is 3.79 Å². The predicted octanol–water partition coefficient (Wildman–Crippen LogP) is 2.01. The maximum absolute atomic E-state index is 11.4. The Labute approximate surface area is 123 Å². The highest BCUT2D eigenvalue weighted by atomic mass is 127. The van der Waals surface area contributed by atoms with Crippen molar-refractivity contribution in [2.75, 3.05) is 13.6 Å². The lowest BCUT2D eigenvalue weighted by Gasteiger charge is -2.29. The highest BCUT2D eigenvalue weighted by Gasteiger charge is 2.21. The molecular formula is C13H23IN2O2. The molecule has 5 heteroatoms. The summed E-state index contributed by atoms with van der Waals surface area (Å²) in [5.74, 6) is 0.842. The summed E-state index contributed by atoms with van der Waals surface area (Å²) in [5.41, 5.74) is 0. The smallest absolute Gasteiger partial charge is 0.234 e. The minimum Gasteiger partial charge on any atom is -0.352 e. The molecule has 1 fully saturated rings. The minimum atomic E-state index is 0.0939. The minimum absolute atomic E-state index is 0.0939. The summed E-state index contributed by atoms with van der Waals surface area (Å²) >= 11 is 1.87. The average Bonchev–Trinajstić information content (AvgIpc) is 2.31. The quantitative estimate of drug-likeness (QED) is 0.535. The van der Waals surface area contributed by atoms with E-state index in [1.165, 1.54) is 12.8 Å². The van der Waals surface area contributed by atoms with Gasteiger partial charge in [-0.3, -0.25) is 9.59 Å². The molecule has 104 valence electrons. The Morgan fingerprint density at radius 3 is 2.44 bits per heavy atom. The van der Waals surface area contributed by atoms with Crippen LogP contribution in [-0.2, 0) is 9.59 Å². The van der Waals surface area contributed by atoms with Gasteiger partial charge in [-0.05, 0) is 74.1 Å². The number of amides is 1. The molecule has 0 aliphatic heterocycles. The molecule has 0 aromatic heterocycles. The number of rotatable bonds is 7. The van der Waals surface area contributed by atoms with Gasteiger partial charge in [0.25, 0.3) is 0 Å². The van der Waals surface area contributed by atoms with E-state index in [9.17, 15) is 9.59 Å². The van der Waals surface area contributed by atoms with Gasteiger partial charge >= 0.3 is 0 Å². The van der Waals surface area contributed by atoms with Crippen LogP contribution >= 0.6 is 22.6 Å². The molecule has 1 aliphatic rings. The van der Waals surface area contributed by atoms with E-state index in [0.717, 1.165) is 31.6 Å². The summed E-state index contributed by atoms with van der Waals surface area (Å²) < 4.78 is 0.264. The molecule has 1 aliphatic carbocycles. The number of nitrogens with one attached hydrogen (secondary N) is 2. The third kappa shape index (κ3) is 6.68. The van der Waals surface area contributed by atoms with Crippen molar-refractivity contribution in [2.45, 2.75) is 51.0 Å². The molecule has 0 aromatic rings. The zero-order valence-electron chi connectivity index (χ0n) is 11.0. The Bertz CT molecular complexity index is 276. The van der Waals surface area contributed by atoms with Gasteiger partial charge in [0.05, 0.1) is 6.54 Å². The summed E-state index contributed by atoms with van der Waals surface area (Å²) in [5, 5.41) is 5.92. The summed E-state index contributed by atoms with van der Waals surface area (Å²) in [6.07, 6.45) is 7.41. The number of likely N-dealkylation sites (N-methyl/N-ethyl adjacent to an activating group) is 1. The Hall–Kier alpha value is -0.170. The van der Waals surface area contributed by atoms with Gasteiger partial charge in [-0.25, -0.2) is 0 Å². The summed E-state index contributed by atoms with van der Waals surface area (Å²) in [6, 6.07) is 0.355. The van der Waals surface area contributed by atoms with Crippen LogP contribution in [0.4, 0.5) is 0 Å². The number of carbonyl (C=O) groups excluding carboxylic acids is 2. The van der Waals surface area contributed by atoms with Crippen LogP contribution in [0.5, 0.6) is 0 Å². The van der Waals surface area contributed by atoms with Gasteiger partial charge in [-0.15, -0.1) is 0 Å². The van der Waals surface area contributed by atoms with Crippen LogP contribution in [0, 0.1) is 5.92 Å². The van der Waals surface area contributed by atoms with Gasteiger partial charge < -0.3 is 10.6 Å². The normalized spacial score (nSPS) is 23.7. The second-order valence-corrected chi connectivity index (χ2v) is 6.27. The molecule has 0 atom stereocenters. The number of hydrogen-bond acceptors (Lipinski definition) is 3. The molecule has 2 N–H and O–H groups in total. The molecule has 0 spiro atoms. The third-order valence-electron chi connectivity index (χ3n) is 3.53. The molecule has 0 heterocycles. The van der Waals surface area contributed by atoms with Gasteiger partial charge in [0.2, 0.25) is 5.91 Å². The zero-order chi connectivity index (χ0) is 13.4. The second-order valence-electron chi connectivity index (χ2n) is 5.06. The first-order valence-corrected chi connectivity index (χ1v) is 7.82. The highest BCUT2D eigenvalue weighted by Crippen LogP contribution is 2.28. The molecule has 1 rings (SSSR count). The van der Waals surface area contributed by atoms with Crippen LogP contribution in [0.15, 0.2) is 0 Å². The Balaban J connectivity index is 2.12. The van der Waals surface area contributed by atoms with Crippen molar-refractivity contribution in [2.24, 2.45) is 5.92 Å². The van der Waals surface area contributed by atoms with Gasteiger partial charge in [-0.2, -0.15) is 0 Å². The van der Waals surface area contributed by atoms with Crippen LogP contribution < -0.4 is 10.6 Å². The number of hydrogen-bond donors (Lipinski definition) is 2. The van der Waals surface area contributed by atoms with Gasteiger partial charge in [0, 0.05) is 12.5 Å². The molecule has 0 saturated heterocycles. The van der Waals surface area contributed by atoms with E-state index in [4.69, 9.17) is 0 Å². The molecule has 1 amide bonds. The Morgan fingerprint density at radius 2 is 1.89 bits per heavy atom. The van der Waals surface area contributed by atoms with Crippen LogP contribution in [0.2, 0.25) is 0 Å². The molecule has 0 aromatic carbocycles. The van der Waals surface area contributed by atoms with Crippen molar-refractivity contribution in [1.82, 2.24) is 10.6 Å². The van der Waals surface area contributed by atoms with Crippen LogP contribution in [0.3, 0.4) is 0 Å². The zero-order valence-corrected chi connectivity index (χ0v) is 13.2. The van der Waals surface area contributed by atoms with E-state index in [1.54, 1.807) is 7.05 Å². The molecule has 0 unspecified atom stereocenters. The lowest BCUT2D eigenvalue weighted by atomic mass is 9.83. The SMILES string of the molecule is CNCC(=O)N[C@H]1CC[C@H](CCCC(=O)I)CC1. The summed E-state index contributed by atoms with van der Waals surface area (Å²) in [4.78, 5) is 22.3. The van der Waals surface area contributed by atoms with Crippen molar-refractivity contribution < 1.29 is 9.59 Å². The van der Waals surface area contributed by atoms with Crippen molar-refractivity contribution in [1.29, 1.82) is 0 Å². The van der Waals surface area contributed by atoms with E-state index in [1.807, 2.05) is 22.6 Å². The summed E-state index contributed by atoms with van der Waals surface area (Å²) in [6.45, 7) is 0.400. The molecule has 4 nitrogen and oxygen atoms in total. The van der Waals surface area contributed by atoms with E-state index < -0.39 is 0 Å². The first-order chi connectivity index (χ1) is 8.61. The molecule has 0 radical (unpaired) electrons. The molecule has 1 saturated carbocycles. The van der Waals surface area contributed by atoms with Crippen molar-refractivity contribution in [3.8, 4) is 0 Å². The monoisotopic (exact) mass is 366 g/mol. The van der Waals surface area contributed by atoms with E-state index in [-0.39, 0.29) is 9.70 Å². The van der Waals surface area contributed by atoms with Crippen molar-refractivity contribution in [3.05, 3.63) is 0 Å². The second kappa shape index (κ2) is 8.85. The topological polar surface area (TPSA) is 58.2 Å². The number of halogens is 1. The van der Waals surface area contributed by atoms with Crippen LogP contribution in [-0.4, -0.2) is 29.3 Å². The fraction of sp³-hybridized carbons (Fsp3) is 0.846. The third-order valence-corrected chi connectivity index (χ3v) is 4.07. The molecule has 0 bridgehead atoms. The maximum Gasteiger partial charge on any atom is 0.234 e. The lowest BCUT2D eigenvalue weighted by molar-refractivity contribution is -0.121. The average molecular weight is 366 g/mol. The van der Waals surface area contributed by atoms with E-state index >= 15 is 0 Å². The largest absolute Gasteiger partial charge is 0.352 e. The predicted molar refractivity (Wildman–Crippen MR) is 80.7 cm³/mol. The van der Waals surface area contributed by atoms with Crippen molar-refractivity contribution >= 4 is 32.3 Å². The fourth-order valence-corrected chi connectivity index (χ4v) is 2.95. The lowest BCUT2D eigenvalue weighted by Crippen LogP contribution is -2.41. The summed E-state index contributed by atoms with van der Waals surface area (Å²) in [7, 11) is 1.78. The molecule has 18 heavy (non-hydrogen) atoms. The highest BCUT2D eigenvalue weighted by molar-refractivity contribution is 14.1. The Morgan fingerprint density at radius 1 is 1.22 bits per heavy atom. The standard InChI is InChI=1S/C13H23IN2O2/c1-15-9-13(18)16-11-7-5-10(6-8-11)3-2-4-12(14)17/h10-11,15H,2-9H2,1H3,(H,16,18)/t10-,11-. The maximum atomic E-state index is 11.4. The first kappa shape index (κ1) is 15.9. The van der Waals surface area contributed by atoms with Gasteiger partial charge in [-0.1, -0.05) is 0 Å². The first-order valence-electron chi connectivity index (χ1n) is 6.74.